The number of pyridine rings is 1. The number of amides is 1. The molecular formula is C14H14N2O. The molecule has 1 aromatic heterocycles. The van der Waals surface area contributed by atoms with E-state index >= 15 is 0 Å². The van der Waals surface area contributed by atoms with Crippen LogP contribution in [0.3, 0.4) is 0 Å². The Morgan fingerprint density at radius 1 is 1.35 bits per heavy atom. The summed E-state index contributed by atoms with van der Waals surface area (Å²) in [5.41, 5.74) is 6.98. The molecule has 3 heteroatoms. The number of rotatable bonds is 3. The van der Waals surface area contributed by atoms with Crippen LogP contribution in [0.15, 0.2) is 30.5 Å². The van der Waals surface area contributed by atoms with Crippen LogP contribution in [0.1, 0.15) is 28.9 Å². The molecule has 1 heterocycles. The monoisotopic (exact) mass is 226 g/mol. The highest BCUT2D eigenvalue weighted by Crippen LogP contribution is 2.33. The van der Waals surface area contributed by atoms with Crippen molar-refractivity contribution in [2.75, 3.05) is 0 Å². The number of benzene rings is 1. The summed E-state index contributed by atoms with van der Waals surface area (Å²) >= 11 is 0. The predicted octanol–water partition coefficient (Wildman–Crippen LogP) is 2.29. The summed E-state index contributed by atoms with van der Waals surface area (Å²) in [7, 11) is 0. The smallest absolute Gasteiger partial charge is 0.248 e. The van der Waals surface area contributed by atoms with Gasteiger partial charge in [-0.15, -0.1) is 0 Å². The van der Waals surface area contributed by atoms with Crippen LogP contribution in [0.4, 0.5) is 0 Å². The van der Waals surface area contributed by atoms with Crippen molar-refractivity contribution in [2.45, 2.75) is 19.3 Å². The van der Waals surface area contributed by atoms with E-state index < -0.39 is 0 Å². The average molecular weight is 226 g/mol. The lowest BCUT2D eigenvalue weighted by Crippen LogP contribution is -2.10. The number of nitrogens with two attached hydrogens (primary N) is 1. The number of carbonyl (C=O) groups excluding carboxylic acids is 1. The fourth-order valence-corrected chi connectivity index (χ4v) is 2.15. The highest BCUT2D eigenvalue weighted by molar-refractivity contribution is 5.98. The first kappa shape index (κ1) is 10.3. The minimum absolute atomic E-state index is 0.382. The molecular weight excluding hydrogens is 212 g/mol. The van der Waals surface area contributed by atoms with Gasteiger partial charge in [-0.1, -0.05) is 6.07 Å². The number of nitrogens with zero attached hydrogens (tertiary/aromatic N) is 1. The summed E-state index contributed by atoms with van der Waals surface area (Å²) in [4.78, 5) is 15.6. The Kier molecular flexibility index (Phi) is 2.32. The molecule has 1 saturated carbocycles. The van der Waals surface area contributed by atoms with Crippen molar-refractivity contribution >= 4 is 16.7 Å². The van der Waals surface area contributed by atoms with Crippen LogP contribution in [-0.2, 0) is 6.42 Å². The van der Waals surface area contributed by atoms with Crippen molar-refractivity contribution in [1.29, 1.82) is 0 Å². The number of hydrogen-bond acceptors (Lipinski definition) is 2. The van der Waals surface area contributed by atoms with Crippen LogP contribution in [0.25, 0.3) is 10.8 Å². The van der Waals surface area contributed by atoms with Crippen LogP contribution in [-0.4, -0.2) is 10.9 Å². The van der Waals surface area contributed by atoms with Crippen LogP contribution >= 0.6 is 0 Å². The Bertz CT molecular complexity index is 588. The maximum atomic E-state index is 11.1. The molecule has 0 unspecified atom stereocenters. The second-order valence-electron chi connectivity index (χ2n) is 4.71. The summed E-state index contributed by atoms with van der Waals surface area (Å²) in [5, 5.41) is 2.19. The van der Waals surface area contributed by atoms with Gasteiger partial charge in [0.05, 0.1) is 0 Å². The average Bonchev–Trinajstić information content (AvgIpc) is 3.12. The van der Waals surface area contributed by atoms with E-state index in [9.17, 15) is 4.79 Å². The van der Waals surface area contributed by atoms with Crippen molar-refractivity contribution in [3.63, 3.8) is 0 Å². The Morgan fingerprint density at radius 3 is 2.88 bits per heavy atom. The standard InChI is InChI=1S/C14H14N2O/c15-14(17)11-3-4-12-10(8-11)5-6-16-13(12)7-9-1-2-9/h3-6,8-9H,1-2,7H2,(H2,15,17). The largest absolute Gasteiger partial charge is 0.366 e. The molecule has 0 bridgehead atoms. The minimum Gasteiger partial charge on any atom is -0.366 e. The van der Waals surface area contributed by atoms with E-state index in [0.29, 0.717) is 5.56 Å². The molecule has 3 rings (SSSR count). The van der Waals surface area contributed by atoms with E-state index in [1.54, 1.807) is 6.07 Å². The van der Waals surface area contributed by atoms with Crippen LogP contribution in [0.2, 0.25) is 0 Å². The number of carbonyl (C=O) groups is 1. The van der Waals surface area contributed by atoms with E-state index in [0.717, 1.165) is 28.8 Å². The zero-order valence-electron chi connectivity index (χ0n) is 9.52. The first-order valence-corrected chi connectivity index (χ1v) is 5.91. The second-order valence-corrected chi connectivity index (χ2v) is 4.71. The summed E-state index contributed by atoms with van der Waals surface area (Å²) in [6, 6.07) is 7.51. The first-order valence-electron chi connectivity index (χ1n) is 5.91. The molecule has 86 valence electrons. The van der Waals surface area contributed by atoms with Gasteiger partial charge in [0.15, 0.2) is 0 Å². The van der Waals surface area contributed by atoms with Crippen molar-refractivity contribution in [2.24, 2.45) is 11.7 Å². The molecule has 17 heavy (non-hydrogen) atoms. The third kappa shape index (κ3) is 2.00. The van der Waals surface area contributed by atoms with Gasteiger partial charge in [0.1, 0.15) is 0 Å². The molecule has 1 aliphatic carbocycles. The molecule has 1 amide bonds. The zero-order chi connectivity index (χ0) is 11.8. The van der Waals surface area contributed by atoms with Crippen molar-refractivity contribution in [3.05, 3.63) is 41.7 Å². The van der Waals surface area contributed by atoms with Gasteiger partial charge in [-0.25, -0.2) is 0 Å². The lowest BCUT2D eigenvalue weighted by atomic mass is 10.0. The number of primary amides is 1. The fraction of sp³-hybridized carbons (Fsp3) is 0.286. The molecule has 0 aliphatic heterocycles. The highest BCUT2D eigenvalue weighted by Gasteiger charge is 2.22. The van der Waals surface area contributed by atoms with Gasteiger partial charge >= 0.3 is 0 Å². The van der Waals surface area contributed by atoms with Gasteiger partial charge in [-0.3, -0.25) is 9.78 Å². The second kappa shape index (κ2) is 3.84. The van der Waals surface area contributed by atoms with Crippen molar-refractivity contribution in [1.82, 2.24) is 4.98 Å². The predicted molar refractivity (Wildman–Crippen MR) is 66.7 cm³/mol. The zero-order valence-corrected chi connectivity index (χ0v) is 9.52. The topological polar surface area (TPSA) is 56.0 Å². The Hall–Kier alpha value is -1.90. The maximum absolute atomic E-state index is 11.1. The van der Waals surface area contributed by atoms with Crippen molar-refractivity contribution in [3.8, 4) is 0 Å². The first-order chi connectivity index (χ1) is 8.24. The van der Waals surface area contributed by atoms with E-state index in [2.05, 4.69) is 4.98 Å². The molecule has 2 N–H and O–H groups in total. The molecule has 0 saturated heterocycles. The molecule has 2 aromatic rings. The SMILES string of the molecule is NC(=O)c1ccc2c(CC3CC3)nccc2c1. The lowest BCUT2D eigenvalue weighted by Gasteiger charge is -2.05. The molecule has 1 aromatic carbocycles. The molecule has 1 fully saturated rings. The van der Waals surface area contributed by atoms with Crippen LogP contribution in [0, 0.1) is 5.92 Å². The van der Waals surface area contributed by atoms with Crippen LogP contribution in [0.5, 0.6) is 0 Å². The Balaban J connectivity index is 2.08. The van der Waals surface area contributed by atoms with Gasteiger partial charge in [-0.2, -0.15) is 0 Å². The molecule has 1 aliphatic rings. The Morgan fingerprint density at radius 2 is 2.18 bits per heavy atom. The van der Waals surface area contributed by atoms with Gasteiger partial charge in [0.25, 0.3) is 0 Å². The van der Waals surface area contributed by atoms with Gasteiger partial charge in [0, 0.05) is 22.8 Å². The van der Waals surface area contributed by atoms with Crippen molar-refractivity contribution < 1.29 is 4.79 Å². The molecule has 0 radical (unpaired) electrons. The summed E-state index contributed by atoms with van der Waals surface area (Å²) < 4.78 is 0. The van der Waals surface area contributed by atoms with Gasteiger partial charge < -0.3 is 5.73 Å². The third-order valence-electron chi connectivity index (χ3n) is 3.31. The Labute approximate surface area is 99.7 Å². The normalized spacial score (nSPS) is 15.1. The van der Waals surface area contributed by atoms with E-state index in [-0.39, 0.29) is 5.91 Å². The number of fused-ring (bicyclic) bond motifs is 1. The molecule has 0 atom stereocenters. The number of hydrogen-bond donors (Lipinski definition) is 1. The molecule has 3 nitrogen and oxygen atoms in total. The minimum atomic E-state index is -0.382. The number of aromatic nitrogens is 1. The summed E-state index contributed by atoms with van der Waals surface area (Å²) in [6.07, 6.45) is 5.49. The van der Waals surface area contributed by atoms with E-state index in [4.69, 9.17) is 5.73 Å². The molecule has 0 spiro atoms. The summed E-state index contributed by atoms with van der Waals surface area (Å²) in [6.45, 7) is 0. The van der Waals surface area contributed by atoms with E-state index in [1.165, 1.54) is 12.8 Å². The van der Waals surface area contributed by atoms with E-state index in [1.807, 2.05) is 24.4 Å². The lowest BCUT2D eigenvalue weighted by molar-refractivity contribution is 0.100. The summed E-state index contributed by atoms with van der Waals surface area (Å²) in [5.74, 6) is 0.427. The van der Waals surface area contributed by atoms with Crippen LogP contribution < -0.4 is 5.73 Å². The van der Waals surface area contributed by atoms with Gasteiger partial charge in [-0.05, 0) is 48.8 Å². The maximum Gasteiger partial charge on any atom is 0.248 e. The quantitative estimate of drug-likeness (QED) is 0.872. The van der Waals surface area contributed by atoms with Gasteiger partial charge in [0.2, 0.25) is 5.91 Å². The third-order valence-corrected chi connectivity index (χ3v) is 3.31. The highest BCUT2D eigenvalue weighted by atomic mass is 16.1. The fourth-order valence-electron chi connectivity index (χ4n) is 2.15.